The molecule has 0 aromatic heterocycles. The minimum atomic E-state index is -4.02. The van der Waals surface area contributed by atoms with Crippen LogP contribution in [0, 0.1) is 11.3 Å². The van der Waals surface area contributed by atoms with Crippen LogP contribution < -0.4 is 10.0 Å². The standard InChI is InChI=1S/C34H29N3O2S/c35-26-34(30-22-12-4-13-23-30,36-32(27-16-6-1-7-17-27)28-18-8-2-9-19-28)33(29-20-10-3-11-21-29)37-40(38,39)31-24-14-5-15-25-31/h1-25,32-33,36-37H/t33-,34+/m0/s1. The first-order valence-corrected chi connectivity index (χ1v) is 14.5. The van der Waals surface area contributed by atoms with Crippen LogP contribution in [0.1, 0.15) is 34.3 Å². The van der Waals surface area contributed by atoms with E-state index in [1.165, 1.54) is 0 Å². The van der Waals surface area contributed by atoms with E-state index in [1.54, 1.807) is 30.3 Å². The molecular formula is C34H29N3O2S. The van der Waals surface area contributed by atoms with Crippen LogP contribution >= 0.6 is 0 Å². The highest BCUT2D eigenvalue weighted by Crippen LogP contribution is 2.39. The fraction of sp³-hybridized carbons (Fsp3) is 0.0882. The van der Waals surface area contributed by atoms with Crippen molar-refractivity contribution < 1.29 is 8.42 Å². The largest absolute Gasteiger partial charge is 0.283 e. The molecular weight excluding hydrogens is 514 g/mol. The first-order valence-electron chi connectivity index (χ1n) is 13.0. The summed E-state index contributed by atoms with van der Waals surface area (Å²) < 4.78 is 30.5. The molecule has 0 radical (unpaired) electrons. The Bertz CT molecular complexity index is 1620. The zero-order valence-electron chi connectivity index (χ0n) is 21.8. The molecule has 40 heavy (non-hydrogen) atoms. The van der Waals surface area contributed by atoms with Gasteiger partial charge in [0.05, 0.1) is 23.0 Å². The molecule has 0 saturated heterocycles. The fourth-order valence-electron chi connectivity index (χ4n) is 4.95. The van der Waals surface area contributed by atoms with Gasteiger partial charge in [0.1, 0.15) is 0 Å². The van der Waals surface area contributed by atoms with Crippen LogP contribution in [0.4, 0.5) is 0 Å². The molecule has 0 bridgehead atoms. The Labute approximate surface area is 235 Å². The summed E-state index contributed by atoms with van der Waals surface area (Å²) in [6.45, 7) is 0. The first-order chi connectivity index (χ1) is 19.5. The van der Waals surface area contributed by atoms with E-state index in [0.717, 1.165) is 11.1 Å². The van der Waals surface area contributed by atoms with Gasteiger partial charge in [-0.05, 0) is 34.4 Å². The van der Waals surface area contributed by atoms with Crippen molar-refractivity contribution in [1.29, 1.82) is 5.26 Å². The van der Waals surface area contributed by atoms with Gasteiger partial charge in [-0.3, -0.25) is 5.32 Å². The molecule has 0 spiro atoms. The number of nitriles is 1. The predicted octanol–water partition coefficient (Wildman–Crippen LogP) is 6.50. The third-order valence-electron chi connectivity index (χ3n) is 6.94. The molecule has 5 rings (SSSR count). The topological polar surface area (TPSA) is 82.0 Å². The van der Waals surface area contributed by atoms with Crippen LogP contribution in [0.15, 0.2) is 157 Å². The average Bonchev–Trinajstić information content (AvgIpc) is 3.03. The lowest BCUT2D eigenvalue weighted by molar-refractivity contribution is 0.312. The van der Waals surface area contributed by atoms with Gasteiger partial charge in [-0.2, -0.15) is 5.26 Å². The van der Waals surface area contributed by atoms with Gasteiger partial charge in [-0.15, -0.1) is 0 Å². The quantitative estimate of drug-likeness (QED) is 0.211. The number of sulfonamides is 1. The van der Waals surface area contributed by atoms with Crippen LogP contribution in [0.5, 0.6) is 0 Å². The van der Waals surface area contributed by atoms with E-state index < -0.39 is 27.6 Å². The summed E-state index contributed by atoms with van der Waals surface area (Å²) in [5.74, 6) is 0. The first kappa shape index (κ1) is 27.0. The molecule has 2 atom stereocenters. The zero-order valence-corrected chi connectivity index (χ0v) is 22.6. The summed E-state index contributed by atoms with van der Waals surface area (Å²) >= 11 is 0. The molecule has 0 fully saturated rings. The Balaban J connectivity index is 1.73. The molecule has 5 nitrogen and oxygen atoms in total. The molecule has 2 N–H and O–H groups in total. The minimum absolute atomic E-state index is 0.124. The normalized spacial score (nSPS) is 13.7. The van der Waals surface area contributed by atoms with E-state index in [4.69, 9.17) is 0 Å². The number of nitrogens with zero attached hydrogens (tertiary/aromatic N) is 1. The molecule has 0 aliphatic carbocycles. The van der Waals surface area contributed by atoms with E-state index in [1.807, 2.05) is 121 Å². The second-order valence-electron chi connectivity index (χ2n) is 9.46. The second-order valence-corrected chi connectivity index (χ2v) is 11.2. The predicted molar refractivity (Wildman–Crippen MR) is 158 cm³/mol. The number of hydrogen-bond acceptors (Lipinski definition) is 4. The molecule has 198 valence electrons. The summed E-state index contributed by atoms with van der Waals surface area (Å²) in [4.78, 5) is 0.124. The van der Waals surface area contributed by atoms with Crippen LogP contribution in [0.2, 0.25) is 0 Å². The van der Waals surface area contributed by atoms with Crippen molar-refractivity contribution >= 4 is 10.0 Å². The lowest BCUT2D eigenvalue weighted by Crippen LogP contribution is -2.53. The number of hydrogen-bond donors (Lipinski definition) is 2. The van der Waals surface area contributed by atoms with Gasteiger partial charge in [-0.25, -0.2) is 13.1 Å². The molecule has 0 heterocycles. The Kier molecular flexibility index (Phi) is 8.18. The summed E-state index contributed by atoms with van der Waals surface area (Å²) in [7, 11) is -4.02. The molecule has 5 aromatic carbocycles. The SMILES string of the molecule is N#C[C@@](NC(c1ccccc1)c1ccccc1)(c1ccccc1)[C@@H](NS(=O)(=O)c1ccccc1)c1ccccc1. The fourth-order valence-corrected chi connectivity index (χ4v) is 6.22. The van der Waals surface area contributed by atoms with Gasteiger partial charge in [0.25, 0.3) is 0 Å². The summed E-state index contributed by atoms with van der Waals surface area (Å²) in [5, 5.41) is 14.8. The smallest absolute Gasteiger partial charge is 0.241 e. The highest BCUT2D eigenvalue weighted by Gasteiger charge is 2.46. The van der Waals surface area contributed by atoms with E-state index in [9.17, 15) is 13.7 Å². The molecule has 5 aromatic rings. The van der Waals surface area contributed by atoms with Crippen molar-refractivity contribution in [2.75, 3.05) is 0 Å². The van der Waals surface area contributed by atoms with Gasteiger partial charge >= 0.3 is 0 Å². The Morgan fingerprint density at radius 2 is 0.975 bits per heavy atom. The lowest BCUT2D eigenvalue weighted by atomic mass is 9.79. The molecule has 0 saturated carbocycles. The number of nitrogens with one attached hydrogen (secondary N) is 2. The van der Waals surface area contributed by atoms with Crippen molar-refractivity contribution in [2.24, 2.45) is 0 Å². The Hall–Kier alpha value is -4.54. The Morgan fingerprint density at radius 3 is 1.43 bits per heavy atom. The maximum absolute atomic E-state index is 13.8. The highest BCUT2D eigenvalue weighted by atomic mass is 32.2. The van der Waals surface area contributed by atoms with E-state index >= 15 is 0 Å². The van der Waals surface area contributed by atoms with Gasteiger partial charge in [0.15, 0.2) is 5.54 Å². The number of rotatable bonds is 10. The van der Waals surface area contributed by atoms with Crippen molar-refractivity contribution in [1.82, 2.24) is 10.0 Å². The summed E-state index contributed by atoms with van der Waals surface area (Å²) in [5.41, 5.74) is 1.67. The molecule has 0 aliphatic rings. The maximum atomic E-state index is 13.8. The van der Waals surface area contributed by atoms with Crippen LogP contribution in [0.3, 0.4) is 0 Å². The monoisotopic (exact) mass is 543 g/mol. The third kappa shape index (κ3) is 5.73. The van der Waals surface area contributed by atoms with Gasteiger partial charge in [0.2, 0.25) is 10.0 Å². The Morgan fingerprint density at radius 1 is 0.575 bits per heavy atom. The minimum Gasteiger partial charge on any atom is -0.283 e. The highest BCUT2D eigenvalue weighted by molar-refractivity contribution is 7.89. The van der Waals surface area contributed by atoms with Crippen molar-refractivity contribution in [3.63, 3.8) is 0 Å². The molecule has 0 unspecified atom stereocenters. The van der Waals surface area contributed by atoms with Gasteiger partial charge in [0, 0.05) is 0 Å². The lowest BCUT2D eigenvalue weighted by Gasteiger charge is -2.40. The molecule has 0 aliphatic heterocycles. The molecule has 6 heteroatoms. The third-order valence-corrected chi connectivity index (χ3v) is 8.37. The second kappa shape index (κ2) is 12.1. The van der Waals surface area contributed by atoms with E-state index in [-0.39, 0.29) is 4.90 Å². The van der Waals surface area contributed by atoms with Gasteiger partial charge in [-0.1, -0.05) is 140 Å². The maximum Gasteiger partial charge on any atom is 0.241 e. The van der Waals surface area contributed by atoms with Crippen molar-refractivity contribution in [3.8, 4) is 6.07 Å². The van der Waals surface area contributed by atoms with E-state index in [2.05, 4.69) is 16.1 Å². The zero-order chi connectivity index (χ0) is 27.8. The van der Waals surface area contributed by atoms with Crippen molar-refractivity contribution in [2.45, 2.75) is 22.5 Å². The van der Waals surface area contributed by atoms with Crippen LogP contribution in [-0.4, -0.2) is 8.42 Å². The van der Waals surface area contributed by atoms with Crippen LogP contribution in [-0.2, 0) is 15.6 Å². The van der Waals surface area contributed by atoms with Crippen molar-refractivity contribution in [3.05, 3.63) is 174 Å². The number of benzene rings is 5. The van der Waals surface area contributed by atoms with E-state index in [0.29, 0.717) is 11.1 Å². The average molecular weight is 544 g/mol. The summed E-state index contributed by atoms with van der Waals surface area (Å²) in [6.07, 6.45) is 0. The summed E-state index contributed by atoms with van der Waals surface area (Å²) in [6, 6.07) is 47.6. The van der Waals surface area contributed by atoms with Crippen LogP contribution in [0.25, 0.3) is 0 Å². The molecule has 0 amide bonds. The van der Waals surface area contributed by atoms with Gasteiger partial charge < -0.3 is 0 Å².